The highest BCUT2D eigenvalue weighted by Crippen LogP contribution is 2.45. The molecule has 1 saturated heterocycles. The third-order valence-corrected chi connectivity index (χ3v) is 135. The summed E-state index contributed by atoms with van der Waals surface area (Å²) in [6.07, 6.45) is -1.38. The van der Waals surface area contributed by atoms with Crippen molar-refractivity contribution in [2.45, 2.75) is 58.9 Å². The fourth-order valence-electron chi connectivity index (χ4n) is 3.05. The molecule has 1 aliphatic heterocycles. The summed E-state index contributed by atoms with van der Waals surface area (Å²) in [5.74, 6) is 0. The van der Waals surface area contributed by atoms with Gasteiger partial charge in [-0.25, -0.2) is 0 Å². The van der Waals surface area contributed by atoms with Crippen molar-refractivity contribution in [3.05, 3.63) is 0 Å². The SMILES string of the molecule is C[Si]1(C)[Si][Si](C)(Cl)[Si](C)(C)[Si](C)(C)[Si]1(C)C. The zero-order chi connectivity index (χ0) is 13.2. The lowest BCUT2D eigenvalue weighted by atomic mass is 11.9. The van der Waals surface area contributed by atoms with E-state index < -0.39 is 34.9 Å². The van der Waals surface area contributed by atoms with Crippen LogP contribution >= 0.6 is 11.1 Å². The van der Waals surface area contributed by atoms with Crippen molar-refractivity contribution in [1.29, 1.82) is 0 Å². The van der Waals surface area contributed by atoms with Crippen molar-refractivity contribution in [3.8, 4) is 0 Å². The Balaban J connectivity index is 3.43. The smallest absolute Gasteiger partial charge is 0.124 e. The molecule has 0 aromatic heterocycles. The van der Waals surface area contributed by atoms with Gasteiger partial charge in [-0.15, -0.1) is 0 Å². The molecule has 0 bridgehead atoms. The van der Waals surface area contributed by atoms with Gasteiger partial charge in [0.2, 0.25) is 0 Å². The highest BCUT2D eigenvalue weighted by Gasteiger charge is 2.69. The Kier molecular flexibility index (Phi) is 3.71. The van der Waals surface area contributed by atoms with E-state index in [1.807, 2.05) is 0 Å². The molecule has 1 atom stereocenters. The van der Waals surface area contributed by atoms with Gasteiger partial charge in [0.05, 0.1) is 0 Å². The first-order valence-electron chi connectivity index (χ1n) is 6.19. The molecule has 0 spiro atoms. The first kappa shape index (κ1) is 15.6. The number of hydrogen-bond acceptors (Lipinski definition) is 0. The van der Waals surface area contributed by atoms with Crippen LogP contribution in [0.1, 0.15) is 0 Å². The van der Waals surface area contributed by atoms with E-state index >= 15 is 0 Å². The Morgan fingerprint density at radius 1 is 0.625 bits per heavy atom. The van der Waals surface area contributed by atoms with E-state index in [1.165, 1.54) is 8.55 Å². The molecule has 0 aliphatic carbocycles. The van der Waals surface area contributed by atoms with Gasteiger partial charge in [0.1, 0.15) is 6.42 Å². The van der Waals surface area contributed by atoms with Crippen LogP contribution in [0.3, 0.4) is 0 Å². The van der Waals surface area contributed by atoms with E-state index in [0.29, 0.717) is 0 Å². The number of rotatable bonds is 0. The largest absolute Gasteiger partial charge is 0.176 e. The topological polar surface area (TPSA) is 0 Å². The molecule has 1 rings (SSSR count). The highest BCUT2D eigenvalue weighted by atomic mass is 35.6. The summed E-state index contributed by atoms with van der Waals surface area (Å²) in [5, 5.41) is 0. The van der Waals surface area contributed by atoms with Crippen LogP contribution < -0.4 is 0 Å². The monoisotopic (exact) mass is 338 g/mol. The van der Waals surface area contributed by atoms with Crippen LogP contribution in [0.15, 0.2) is 0 Å². The van der Waals surface area contributed by atoms with Gasteiger partial charge in [-0.1, -0.05) is 58.9 Å². The van der Waals surface area contributed by atoms with E-state index in [1.54, 1.807) is 0 Å². The summed E-state index contributed by atoms with van der Waals surface area (Å²) in [4.78, 5) is 0. The van der Waals surface area contributed by atoms with Crippen molar-refractivity contribution in [1.82, 2.24) is 0 Å². The fourth-order valence-corrected chi connectivity index (χ4v) is 204. The lowest BCUT2D eigenvalue weighted by molar-refractivity contribution is 1.79. The van der Waals surface area contributed by atoms with E-state index in [-0.39, 0.29) is 0 Å². The molecule has 0 aromatic carbocycles. The second-order valence-corrected chi connectivity index (χ2v) is 73.6. The second-order valence-electron chi connectivity index (χ2n) is 7.63. The van der Waals surface area contributed by atoms with Crippen molar-refractivity contribution >= 4 is 54.5 Å². The summed E-state index contributed by atoms with van der Waals surface area (Å²) >= 11 is 7.16. The summed E-state index contributed by atoms with van der Waals surface area (Å²) in [6, 6.07) is 0. The molecule has 0 aromatic rings. The average molecular weight is 339 g/mol. The van der Waals surface area contributed by atoms with Gasteiger partial charge in [-0.05, 0) is 0 Å². The van der Waals surface area contributed by atoms with Crippen LogP contribution in [0, 0.1) is 0 Å². The van der Waals surface area contributed by atoms with Crippen LogP contribution in [-0.2, 0) is 0 Å². The van der Waals surface area contributed by atoms with Gasteiger partial charge in [-0.2, -0.15) is 11.1 Å². The van der Waals surface area contributed by atoms with E-state index in [9.17, 15) is 0 Å². The van der Waals surface area contributed by atoms with Crippen molar-refractivity contribution in [2.75, 3.05) is 0 Å². The van der Waals surface area contributed by atoms with Gasteiger partial charge in [0.15, 0.2) is 0 Å². The predicted molar refractivity (Wildman–Crippen MR) is 93.2 cm³/mol. The van der Waals surface area contributed by atoms with Gasteiger partial charge >= 0.3 is 0 Å². The average Bonchev–Trinajstić information content (AvgIpc) is 1.98. The molecule has 16 heavy (non-hydrogen) atoms. The Bertz CT molecular complexity index is 279. The van der Waals surface area contributed by atoms with Gasteiger partial charge in [-0.3, -0.25) is 0 Å². The lowest BCUT2D eigenvalue weighted by Crippen LogP contribution is -2.93. The molecule has 2 radical (unpaired) electrons. The molecular formula is C9H27ClSi6. The maximum absolute atomic E-state index is 7.16. The molecule has 0 amide bonds. The standard InChI is InChI=1S/C9H27ClSi6/c1-12(2)11-16(9,10)15(7,8)14(5,6)13(12,3)4/h1-9H3. The van der Waals surface area contributed by atoms with Crippen LogP contribution in [-0.4, -0.2) is 43.4 Å². The minimum Gasteiger partial charge on any atom is -0.176 e. The molecule has 0 N–H and O–H groups in total. The normalized spacial score (nSPS) is 39.4. The predicted octanol–water partition coefficient (Wildman–Crippen LogP) is 3.66. The Labute approximate surface area is 113 Å². The summed E-state index contributed by atoms with van der Waals surface area (Å²) in [7, 11) is -2.88. The second kappa shape index (κ2) is 3.80. The molecule has 1 heterocycles. The maximum Gasteiger partial charge on any atom is 0.124 e. The van der Waals surface area contributed by atoms with Crippen molar-refractivity contribution < 1.29 is 0 Å². The summed E-state index contributed by atoms with van der Waals surface area (Å²) in [5.41, 5.74) is 0. The fraction of sp³-hybridized carbons (Fsp3) is 1.00. The highest BCUT2D eigenvalue weighted by molar-refractivity contribution is 8.12. The van der Waals surface area contributed by atoms with Crippen molar-refractivity contribution in [2.24, 2.45) is 0 Å². The summed E-state index contributed by atoms with van der Waals surface area (Å²) in [6.45, 7) is 24.1. The van der Waals surface area contributed by atoms with Crippen LogP contribution in [0.2, 0.25) is 58.9 Å². The Morgan fingerprint density at radius 2 is 1.00 bits per heavy atom. The minimum atomic E-state index is -1.38. The lowest BCUT2D eigenvalue weighted by Gasteiger charge is -2.64. The zero-order valence-corrected chi connectivity index (χ0v) is 19.1. The van der Waals surface area contributed by atoms with Gasteiger partial charge in [0, 0.05) is 37.0 Å². The quantitative estimate of drug-likeness (QED) is 0.467. The molecule has 1 fully saturated rings. The third kappa shape index (κ3) is 1.75. The molecule has 0 saturated carbocycles. The van der Waals surface area contributed by atoms with Gasteiger partial charge < -0.3 is 0 Å². The van der Waals surface area contributed by atoms with Gasteiger partial charge in [0.25, 0.3) is 0 Å². The van der Waals surface area contributed by atoms with Crippen LogP contribution in [0.5, 0.6) is 0 Å². The first-order chi connectivity index (χ1) is 6.71. The third-order valence-electron chi connectivity index (χ3n) is 6.41. The first-order valence-corrected chi connectivity index (χ1v) is 28.7. The molecule has 94 valence electrons. The molecular weight excluding hydrogens is 312 g/mol. The maximum atomic E-state index is 7.16. The van der Waals surface area contributed by atoms with E-state index in [4.69, 9.17) is 11.1 Å². The van der Waals surface area contributed by atoms with E-state index in [0.717, 1.165) is 0 Å². The van der Waals surface area contributed by atoms with Crippen molar-refractivity contribution in [3.63, 3.8) is 0 Å². The molecule has 1 aliphatic rings. The van der Waals surface area contributed by atoms with Crippen LogP contribution in [0.25, 0.3) is 0 Å². The molecule has 1 unspecified atom stereocenters. The summed E-state index contributed by atoms with van der Waals surface area (Å²) < 4.78 is 0. The number of halogens is 1. The van der Waals surface area contributed by atoms with E-state index in [2.05, 4.69) is 58.9 Å². The number of hydrogen-bond donors (Lipinski definition) is 0. The Morgan fingerprint density at radius 3 is 1.38 bits per heavy atom. The molecule has 0 nitrogen and oxygen atoms in total. The minimum absolute atomic E-state index is 0.968. The zero-order valence-electron chi connectivity index (χ0n) is 12.4. The Hall–Kier alpha value is 1.59. The molecule has 7 heteroatoms. The van der Waals surface area contributed by atoms with Crippen LogP contribution in [0.4, 0.5) is 0 Å².